The van der Waals surface area contributed by atoms with Crippen LogP contribution in [0, 0.1) is 0 Å². The van der Waals surface area contributed by atoms with Crippen molar-refractivity contribution in [2.45, 2.75) is 0 Å². The Bertz CT molecular complexity index is 774. The molecule has 2 rings (SSSR count). The van der Waals surface area contributed by atoms with Gasteiger partial charge < -0.3 is 4.57 Å². The monoisotopic (exact) mass is 322 g/mol. The Morgan fingerprint density at radius 1 is 1.11 bits per heavy atom. The van der Waals surface area contributed by atoms with Gasteiger partial charge in [-0.1, -0.05) is 28.1 Å². The van der Waals surface area contributed by atoms with Crippen LogP contribution in [0.1, 0.15) is 15.9 Å². The highest BCUT2D eigenvalue weighted by Crippen LogP contribution is 2.18. The SMILES string of the molecule is Cn1cc(C(=O)c2ccccc2Br)c(=O)n(C)c1=O. The van der Waals surface area contributed by atoms with E-state index in [1.165, 1.54) is 24.9 Å². The van der Waals surface area contributed by atoms with Crippen LogP contribution < -0.4 is 11.2 Å². The second-order valence-corrected chi connectivity index (χ2v) is 4.96. The largest absolute Gasteiger partial charge is 0.330 e. The lowest BCUT2D eigenvalue weighted by Gasteiger charge is -2.07. The standard InChI is InChI=1S/C13H11BrN2O3/c1-15-7-9(12(18)16(2)13(15)19)11(17)8-5-3-4-6-10(8)14/h3-7H,1-2H3. The molecular weight excluding hydrogens is 312 g/mol. The predicted octanol–water partition coefficient (Wildman–Crippen LogP) is 1.08. The van der Waals surface area contributed by atoms with Gasteiger partial charge in [-0.05, 0) is 12.1 Å². The normalized spacial score (nSPS) is 10.5. The van der Waals surface area contributed by atoms with Gasteiger partial charge in [0.05, 0.1) is 0 Å². The number of hydrogen-bond donors (Lipinski definition) is 0. The zero-order chi connectivity index (χ0) is 14.2. The number of nitrogens with zero attached hydrogens (tertiary/aromatic N) is 2. The van der Waals surface area contributed by atoms with Gasteiger partial charge >= 0.3 is 5.69 Å². The van der Waals surface area contributed by atoms with Gasteiger partial charge in [0.25, 0.3) is 5.56 Å². The number of carbonyl (C=O) groups excluding carboxylic acids is 1. The first-order valence-electron chi connectivity index (χ1n) is 5.49. The number of hydrogen-bond acceptors (Lipinski definition) is 3. The highest BCUT2D eigenvalue weighted by molar-refractivity contribution is 9.10. The molecule has 0 aliphatic rings. The molecule has 0 N–H and O–H groups in total. The first-order chi connectivity index (χ1) is 8.93. The number of benzene rings is 1. The molecule has 0 aliphatic carbocycles. The fourth-order valence-corrected chi connectivity index (χ4v) is 2.22. The quantitative estimate of drug-likeness (QED) is 0.777. The van der Waals surface area contributed by atoms with E-state index >= 15 is 0 Å². The smallest absolute Gasteiger partial charge is 0.303 e. The van der Waals surface area contributed by atoms with Crippen LogP contribution in [0.2, 0.25) is 0 Å². The molecule has 1 heterocycles. The van der Waals surface area contributed by atoms with Crippen LogP contribution in [0.5, 0.6) is 0 Å². The maximum atomic E-state index is 12.3. The molecule has 5 nitrogen and oxygen atoms in total. The highest BCUT2D eigenvalue weighted by Gasteiger charge is 2.18. The highest BCUT2D eigenvalue weighted by atomic mass is 79.9. The molecule has 1 aromatic heterocycles. The summed E-state index contributed by atoms with van der Waals surface area (Å²) in [4.78, 5) is 35.9. The number of aryl methyl sites for hydroxylation is 1. The van der Waals surface area contributed by atoms with Crippen LogP contribution in [-0.4, -0.2) is 14.9 Å². The summed E-state index contributed by atoms with van der Waals surface area (Å²) in [5.41, 5.74) is -0.702. The summed E-state index contributed by atoms with van der Waals surface area (Å²) in [6, 6.07) is 6.83. The Balaban J connectivity index is 2.68. The number of rotatable bonds is 2. The molecule has 0 saturated carbocycles. The van der Waals surface area contributed by atoms with Crippen molar-refractivity contribution >= 4 is 21.7 Å². The number of carbonyl (C=O) groups is 1. The van der Waals surface area contributed by atoms with E-state index in [0.717, 1.165) is 4.57 Å². The summed E-state index contributed by atoms with van der Waals surface area (Å²) in [5.74, 6) is -0.413. The third-order valence-electron chi connectivity index (χ3n) is 2.81. The van der Waals surface area contributed by atoms with Crippen molar-refractivity contribution in [2.24, 2.45) is 14.1 Å². The van der Waals surface area contributed by atoms with Gasteiger partial charge in [-0.3, -0.25) is 14.2 Å². The van der Waals surface area contributed by atoms with Gasteiger partial charge in [-0.2, -0.15) is 0 Å². The third-order valence-corrected chi connectivity index (χ3v) is 3.50. The first kappa shape index (κ1) is 13.5. The zero-order valence-corrected chi connectivity index (χ0v) is 12.0. The van der Waals surface area contributed by atoms with Crippen molar-refractivity contribution in [3.05, 3.63) is 66.9 Å². The Morgan fingerprint density at radius 2 is 1.74 bits per heavy atom. The second-order valence-electron chi connectivity index (χ2n) is 4.11. The molecule has 0 aliphatic heterocycles. The van der Waals surface area contributed by atoms with Gasteiger partial charge in [-0.25, -0.2) is 4.79 Å². The molecule has 0 fully saturated rings. The molecule has 2 aromatic rings. The summed E-state index contributed by atoms with van der Waals surface area (Å²) in [6.45, 7) is 0. The molecule has 1 aromatic carbocycles. The lowest BCUT2D eigenvalue weighted by molar-refractivity contribution is 0.103. The maximum absolute atomic E-state index is 12.3. The number of ketones is 1. The molecule has 19 heavy (non-hydrogen) atoms. The molecule has 0 spiro atoms. The minimum Gasteiger partial charge on any atom is -0.303 e. The molecule has 0 bridgehead atoms. The Labute approximate surface area is 117 Å². The summed E-state index contributed by atoms with van der Waals surface area (Å²) in [6.07, 6.45) is 1.27. The van der Waals surface area contributed by atoms with Crippen molar-refractivity contribution in [2.75, 3.05) is 0 Å². The van der Waals surface area contributed by atoms with Crippen LogP contribution in [0.15, 0.2) is 44.5 Å². The van der Waals surface area contributed by atoms with Gasteiger partial charge in [-0.15, -0.1) is 0 Å². The zero-order valence-electron chi connectivity index (χ0n) is 10.4. The van der Waals surface area contributed by atoms with E-state index < -0.39 is 17.0 Å². The van der Waals surface area contributed by atoms with Crippen LogP contribution in [0.25, 0.3) is 0 Å². The van der Waals surface area contributed by atoms with Gasteiger partial charge in [0, 0.05) is 30.3 Å². The molecule has 0 atom stereocenters. The van der Waals surface area contributed by atoms with E-state index in [0.29, 0.717) is 10.0 Å². The van der Waals surface area contributed by atoms with Crippen molar-refractivity contribution in [1.29, 1.82) is 0 Å². The molecule has 0 radical (unpaired) electrons. The summed E-state index contributed by atoms with van der Waals surface area (Å²) < 4.78 is 2.74. The lowest BCUT2D eigenvalue weighted by atomic mass is 10.1. The molecule has 0 amide bonds. The summed E-state index contributed by atoms with van der Waals surface area (Å²) >= 11 is 3.27. The van der Waals surface area contributed by atoms with Crippen molar-refractivity contribution in [3.63, 3.8) is 0 Å². The van der Waals surface area contributed by atoms with E-state index in [9.17, 15) is 14.4 Å². The molecule has 0 unspecified atom stereocenters. The van der Waals surface area contributed by atoms with E-state index in [4.69, 9.17) is 0 Å². The Kier molecular flexibility index (Phi) is 3.53. The average molecular weight is 323 g/mol. The lowest BCUT2D eigenvalue weighted by Crippen LogP contribution is -2.39. The van der Waals surface area contributed by atoms with Crippen LogP contribution in [0.4, 0.5) is 0 Å². The molecule has 6 heteroatoms. The van der Waals surface area contributed by atoms with Gasteiger partial charge in [0.1, 0.15) is 5.56 Å². The fraction of sp³-hybridized carbons (Fsp3) is 0.154. The summed E-state index contributed by atoms with van der Waals surface area (Å²) in [7, 11) is 2.85. The minimum atomic E-state index is -0.594. The predicted molar refractivity (Wildman–Crippen MR) is 74.5 cm³/mol. The van der Waals surface area contributed by atoms with Crippen molar-refractivity contribution in [3.8, 4) is 0 Å². The van der Waals surface area contributed by atoms with E-state index in [-0.39, 0.29) is 5.56 Å². The maximum Gasteiger partial charge on any atom is 0.330 e. The second kappa shape index (κ2) is 4.97. The number of aromatic nitrogens is 2. The molecule has 0 saturated heterocycles. The van der Waals surface area contributed by atoms with E-state index in [1.807, 2.05) is 0 Å². The van der Waals surface area contributed by atoms with Crippen LogP contribution >= 0.6 is 15.9 Å². The summed E-state index contributed by atoms with van der Waals surface area (Å²) in [5, 5.41) is 0. The topological polar surface area (TPSA) is 61.1 Å². The fourth-order valence-electron chi connectivity index (χ4n) is 1.75. The van der Waals surface area contributed by atoms with E-state index in [1.54, 1.807) is 24.3 Å². The Hall–Kier alpha value is -1.95. The van der Waals surface area contributed by atoms with Gasteiger partial charge in [0.15, 0.2) is 0 Å². The van der Waals surface area contributed by atoms with Gasteiger partial charge in [0.2, 0.25) is 5.78 Å². The van der Waals surface area contributed by atoms with Crippen molar-refractivity contribution < 1.29 is 4.79 Å². The van der Waals surface area contributed by atoms with Crippen LogP contribution in [-0.2, 0) is 14.1 Å². The molecule has 98 valence electrons. The Morgan fingerprint density at radius 3 is 2.37 bits per heavy atom. The first-order valence-corrected chi connectivity index (χ1v) is 6.28. The van der Waals surface area contributed by atoms with Crippen molar-refractivity contribution in [1.82, 2.24) is 9.13 Å². The third kappa shape index (κ3) is 2.31. The minimum absolute atomic E-state index is 0.0310. The average Bonchev–Trinajstić information content (AvgIpc) is 2.40. The van der Waals surface area contributed by atoms with E-state index in [2.05, 4.69) is 15.9 Å². The number of halogens is 1. The van der Waals surface area contributed by atoms with Crippen LogP contribution in [0.3, 0.4) is 0 Å². The molecular formula is C13H11BrN2O3.